The molecule has 3 aromatic rings. The van der Waals surface area contributed by atoms with Crippen LogP contribution in [0.5, 0.6) is 11.5 Å². The van der Waals surface area contributed by atoms with E-state index in [1.165, 1.54) is 12.8 Å². The Kier molecular flexibility index (Phi) is 7.76. The Morgan fingerprint density at radius 2 is 1.84 bits per heavy atom. The summed E-state index contributed by atoms with van der Waals surface area (Å²) < 4.78 is 16.6. The number of nitrogens with one attached hydrogen (secondary N) is 1. The molecule has 1 amide bonds. The summed E-state index contributed by atoms with van der Waals surface area (Å²) in [5.74, 6) is 1.39. The van der Waals surface area contributed by atoms with E-state index in [0.717, 1.165) is 51.8 Å². The summed E-state index contributed by atoms with van der Waals surface area (Å²) in [5, 5.41) is 3.94. The number of amides is 1. The molecule has 31 heavy (non-hydrogen) atoms. The third kappa shape index (κ3) is 5.48. The first-order valence-corrected chi connectivity index (χ1v) is 10.8. The number of ether oxygens (including phenoxy) is 2. The number of carbonyl (C=O) groups excluding carboxylic acids is 1. The second kappa shape index (κ2) is 10.7. The Labute approximate surface area is 184 Å². The van der Waals surface area contributed by atoms with Crippen LogP contribution in [0.25, 0.3) is 27.7 Å². The van der Waals surface area contributed by atoms with Crippen molar-refractivity contribution >= 4 is 22.4 Å². The van der Waals surface area contributed by atoms with Crippen LogP contribution < -0.4 is 14.8 Å². The van der Waals surface area contributed by atoms with Crippen molar-refractivity contribution in [3.05, 3.63) is 54.3 Å². The number of hydrogen-bond donors (Lipinski definition) is 1. The minimum atomic E-state index is -0.0845. The third-order valence-electron chi connectivity index (χ3n) is 5.40. The summed E-state index contributed by atoms with van der Waals surface area (Å²) in [7, 11) is 3.27. The number of fused-ring (bicyclic) bond motifs is 1. The van der Waals surface area contributed by atoms with Crippen molar-refractivity contribution in [1.29, 1.82) is 0 Å². The predicted octanol–water partition coefficient (Wildman–Crippen LogP) is 6.22. The van der Waals surface area contributed by atoms with Crippen LogP contribution in [0.1, 0.15) is 45.1 Å². The Morgan fingerprint density at radius 1 is 1.06 bits per heavy atom. The maximum Gasteiger partial charge on any atom is 0.244 e. The van der Waals surface area contributed by atoms with Crippen molar-refractivity contribution in [2.24, 2.45) is 0 Å². The van der Waals surface area contributed by atoms with Gasteiger partial charge in [-0.05, 0) is 42.7 Å². The minimum absolute atomic E-state index is 0.0845. The highest BCUT2D eigenvalue weighted by atomic mass is 16.5. The maximum absolute atomic E-state index is 12.4. The zero-order valence-corrected chi connectivity index (χ0v) is 18.8. The molecule has 1 N–H and O–H groups in total. The highest BCUT2D eigenvalue weighted by Crippen LogP contribution is 2.37. The first-order chi connectivity index (χ1) is 15.1. The molecule has 2 aromatic carbocycles. The predicted molar refractivity (Wildman–Crippen MR) is 126 cm³/mol. The molecule has 0 fully saturated rings. The smallest absolute Gasteiger partial charge is 0.244 e. The Balaban J connectivity index is 1.87. The van der Waals surface area contributed by atoms with Crippen LogP contribution in [0.15, 0.2) is 53.2 Å². The number of hydrogen-bond acceptors (Lipinski definition) is 4. The molecule has 164 valence electrons. The van der Waals surface area contributed by atoms with Gasteiger partial charge < -0.3 is 19.2 Å². The van der Waals surface area contributed by atoms with E-state index in [9.17, 15) is 4.79 Å². The molecule has 1 aromatic heterocycles. The third-order valence-corrected chi connectivity index (χ3v) is 5.40. The normalized spacial score (nSPS) is 11.5. The SMILES string of the molecule is CCCCCCNC(=O)/C=C(\C)c1cc2c(-c3ccc(OC)cc3)coc2cc1OC. The summed E-state index contributed by atoms with van der Waals surface area (Å²) in [5.41, 5.74) is 4.45. The molecule has 0 saturated carbocycles. The van der Waals surface area contributed by atoms with Gasteiger partial charge in [-0.25, -0.2) is 0 Å². The van der Waals surface area contributed by atoms with Crippen LogP contribution in [0.2, 0.25) is 0 Å². The van der Waals surface area contributed by atoms with Crippen molar-refractivity contribution in [3.8, 4) is 22.6 Å². The highest BCUT2D eigenvalue weighted by molar-refractivity contribution is 6.00. The molecule has 0 aliphatic heterocycles. The van der Waals surface area contributed by atoms with Gasteiger partial charge in [-0.1, -0.05) is 38.3 Å². The average Bonchev–Trinajstić information content (AvgIpc) is 3.20. The topological polar surface area (TPSA) is 60.7 Å². The first kappa shape index (κ1) is 22.5. The summed E-state index contributed by atoms with van der Waals surface area (Å²) in [6.07, 6.45) is 7.90. The fourth-order valence-electron chi connectivity index (χ4n) is 3.61. The molecule has 0 spiro atoms. The molecule has 5 heteroatoms. The number of benzene rings is 2. The summed E-state index contributed by atoms with van der Waals surface area (Å²) in [6.45, 7) is 4.80. The highest BCUT2D eigenvalue weighted by Gasteiger charge is 2.15. The number of allylic oxidation sites excluding steroid dienone is 1. The Bertz CT molecular complexity index is 1050. The summed E-state index contributed by atoms with van der Waals surface area (Å²) in [4.78, 5) is 12.4. The van der Waals surface area contributed by atoms with Crippen molar-refractivity contribution < 1.29 is 18.7 Å². The molecule has 0 aliphatic rings. The molecular formula is C26H31NO4. The minimum Gasteiger partial charge on any atom is -0.497 e. The number of carbonyl (C=O) groups is 1. The zero-order chi connectivity index (χ0) is 22.2. The van der Waals surface area contributed by atoms with Crippen molar-refractivity contribution in [1.82, 2.24) is 5.32 Å². The van der Waals surface area contributed by atoms with Crippen LogP contribution in [0, 0.1) is 0 Å². The zero-order valence-electron chi connectivity index (χ0n) is 18.8. The van der Waals surface area contributed by atoms with Crippen LogP contribution in [0.4, 0.5) is 0 Å². The van der Waals surface area contributed by atoms with Gasteiger partial charge in [0.05, 0.1) is 20.5 Å². The van der Waals surface area contributed by atoms with E-state index < -0.39 is 0 Å². The van der Waals surface area contributed by atoms with Crippen LogP contribution >= 0.6 is 0 Å². The monoisotopic (exact) mass is 421 g/mol. The second-order valence-corrected chi connectivity index (χ2v) is 7.61. The van der Waals surface area contributed by atoms with Crippen molar-refractivity contribution in [3.63, 3.8) is 0 Å². The average molecular weight is 422 g/mol. The molecule has 0 unspecified atom stereocenters. The maximum atomic E-state index is 12.4. The molecule has 5 nitrogen and oxygen atoms in total. The molecule has 0 bridgehead atoms. The largest absolute Gasteiger partial charge is 0.497 e. The number of furan rings is 1. The van der Waals surface area contributed by atoms with Gasteiger partial charge in [0.2, 0.25) is 5.91 Å². The Hall–Kier alpha value is -3.21. The fourth-order valence-corrected chi connectivity index (χ4v) is 3.61. The van der Waals surface area contributed by atoms with E-state index in [0.29, 0.717) is 12.3 Å². The second-order valence-electron chi connectivity index (χ2n) is 7.61. The van der Waals surface area contributed by atoms with E-state index in [-0.39, 0.29) is 5.91 Å². The van der Waals surface area contributed by atoms with Crippen molar-refractivity contribution in [2.45, 2.75) is 39.5 Å². The molecular weight excluding hydrogens is 390 g/mol. The van der Waals surface area contributed by atoms with Gasteiger partial charge in [-0.3, -0.25) is 4.79 Å². The molecule has 3 rings (SSSR count). The van der Waals surface area contributed by atoms with E-state index in [1.807, 2.05) is 43.3 Å². The van der Waals surface area contributed by atoms with Crippen LogP contribution in [-0.4, -0.2) is 26.7 Å². The number of rotatable bonds is 10. The number of unbranched alkanes of at least 4 members (excludes halogenated alkanes) is 3. The summed E-state index contributed by atoms with van der Waals surface area (Å²) >= 11 is 0. The molecule has 0 aliphatic carbocycles. The molecule has 0 radical (unpaired) electrons. The lowest BCUT2D eigenvalue weighted by Gasteiger charge is -2.10. The molecule has 0 atom stereocenters. The molecule has 0 saturated heterocycles. The van der Waals surface area contributed by atoms with E-state index >= 15 is 0 Å². The van der Waals surface area contributed by atoms with Crippen LogP contribution in [0.3, 0.4) is 0 Å². The van der Waals surface area contributed by atoms with Gasteiger partial charge >= 0.3 is 0 Å². The van der Waals surface area contributed by atoms with Gasteiger partial charge in [-0.2, -0.15) is 0 Å². The quantitative estimate of drug-likeness (QED) is 0.312. The van der Waals surface area contributed by atoms with Gasteiger partial charge in [0.15, 0.2) is 0 Å². The van der Waals surface area contributed by atoms with Gasteiger partial charge in [0.25, 0.3) is 0 Å². The van der Waals surface area contributed by atoms with E-state index in [2.05, 4.69) is 12.2 Å². The lowest BCUT2D eigenvalue weighted by atomic mass is 9.99. The standard InChI is InChI=1S/C26H31NO4/c1-5-6-7-8-13-27-26(28)14-18(2)21-15-22-23(17-31-25(22)16-24(21)30-4)19-9-11-20(29-3)12-10-19/h9-12,14-17H,5-8,13H2,1-4H3,(H,27,28)/b18-14+. The van der Waals surface area contributed by atoms with Gasteiger partial charge in [0, 0.05) is 35.2 Å². The molecule has 1 heterocycles. The summed E-state index contributed by atoms with van der Waals surface area (Å²) in [6, 6.07) is 11.8. The van der Waals surface area contributed by atoms with Gasteiger partial charge in [-0.15, -0.1) is 0 Å². The number of methoxy groups -OCH3 is 2. The Morgan fingerprint density at radius 3 is 2.52 bits per heavy atom. The van der Waals surface area contributed by atoms with Crippen molar-refractivity contribution in [2.75, 3.05) is 20.8 Å². The lowest BCUT2D eigenvalue weighted by molar-refractivity contribution is -0.116. The van der Waals surface area contributed by atoms with Crippen LogP contribution in [-0.2, 0) is 4.79 Å². The van der Waals surface area contributed by atoms with E-state index in [4.69, 9.17) is 13.9 Å². The lowest BCUT2D eigenvalue weighted by Crippen LogP contribution is -2.22. The van der Waals surface area contributed by atoms with Gasteiger partial charge in [0.1, 0.15) is 17.1 Å². The first-order valence-electron chi connectivity index (χ1n) is 10.8. The fraction of sp³-hybridized carbons (Fsp3) is 0.346. The van der Waals surface area contributed by atoms with E-state index in [1.54, 1.807) is 26.6 Å².